The maximum absolute atomic E-state index is 5.46. The zero-order valence-electron chi connectivity index (χ0n) is 7.31. The van der Waals surface area contributed by atoms with Gasteiger partial charge in [0.15, 0.2) is 0 Å². The van der Waals surface area contributed by atoms with E-state index in [0.29, 0.717) is 5.41 Å². The second-order valence-corrected chi connectivity index (χ2v) is 3.82. The Kier molecular flexibility index (Phi) is 3.73. The van der Waals surface area contributed by atoms with Gasteiger partial charge in [0.25, 0.3) is 0 Å². The van der Waals surface area contributed by atoms with Gasteiger partial charge in [-0.05, 0) is 25.5 Å². The molecule has 0 heterocycles. The van der Waals surface area contributed by atoms with Crippen LogP contribution in [-0.2, 0) is 4.74 Å². The number of hydrogen-bond acceptors (Lipinski definition) is 2. The maximum Gasteiger partial charge on any atom is 0.0530 e. The van der Waals surface area contributed by atoms with Gasteiger partial charge in [-0.2, -0.15) is 12.6 Å². The molecule has 11 heavy (non-hydrogen) atoms. The Morgan fingerprint density at radius 2 is 2.00 bits per heavy atom. The Bertz CT molecular complexity index is 108. The van der Waals surface area contributed by atoms with Crippen molar-refractivity contribution in [2.75, 3.05) is 19.0 Å². The summed E-state index contributed by atoms with van der Waals surface area (Å²) in [4.78, 5) is 0. The van der Waals surface area contributed by atoms with Crippen molar-refractivity contribution >= 4 is 12.6 Å². The van der Waals surface area contributed by atoms with Crippen LogP contribution in [0.2, 0.25) is 0 Å². The van der Waals surface area contributed by atoms with E-state index in [1.54, 1.807) is 0 Å². The molecule has 0 N–H and O–H groups in total. The van der Waals surface area contributed by atoms with Gasteiger partial charge in [0, 0.05) is 12.0 Å². The van der Waals surface area contributed by atoms with Crippen LogP contribution in [0.1, 0.15) is 32.6 Å². The first-order valence-electron chi connectivity index (χ1n) is 4.51. The average molecular weight is 174 g/mol. The molecule has 0 radical (unpaired) electrons. The Morgan fingerprint density at radius 3 is 2.45 bits per heavy atom. The van der Waals surface area contributed by atoms with Crippen molar-refractivity contribution in [3.05, 3.63) is 0 Å². The third-order valence-corrected chi connectivity index (χ3v) is 3.28. The standard InChI is InChI=1S/C9H18OS/c1-2-10-7-9(8-11)5-3-4-6-9/h11H,2-8H2,1H3. The van der Waals surface area contributed by atoms with Crippen LogP contribution < -0.4 is 0 Å². The third kappa shape index (κ3) is 2.38. The topological polar surface area (TPSA) is 9.23 Å². The molecule has 0 spiro atoms. The first kappa shape index (κ1) is 9.40. The van der Waals surface area contributed by atoms with Gasteiger partial charge in [0.05, 0.1) is 6.61 Å². The van der Waals surface area contributed by atoms with E-state index in [2.05, 4.69) is 19.6 Å². The first-order chi connectivity index (χ1) is 5.33. The highest BCUT2D eigenvalue weighted by molar-refractivity contribution is 7.80. The Labute approximate surface area is 74.9 Å². The van der Waals surface area contributed by atoms with Crippen molar-refractivity contribution in [3.8, 4) is 0 Å². The van der Waals surface area contributed by atoms with Crippen molar-refractivity contribution in [2.24, 2.45) is 5.41 Å². The third-order valence-electron chi connectivity index (χ3n) is 2.61. The fraction of sp³-hybridized carbons (Fsp3) is 1.00. The highest BCUT2D eigenvalue weighted by Gasteiger charge is 2.32. The van der Waals surface area contributed by atoms with Gasteiger partial charge in [0.2, 0.25) is 0 Å². The van der Waals surface area contributed by atoms with E-state index in [0.717, 1.165) is 19.0 Å². The number of rotatable bonds is 4. The van der Waals surface area contributed by atoms with Gasteiger partial charge in [-0.15, -0.1) is 0 Å². The van der Waals surface area contributed by atoms with Crippen molar-refractivity contribution in [1.82, 2.24) is 0 Å². The molecule has 1 aliphatic carbocycles. The Balaban J connectivity index is 2.33. The summed E-state index contributed by atoms with van der Waals surface area (Å²) in [6.45, 7) is 3.82. The zero-order chi connectivity index (χ0) is 8.16. The summed E-state index contributed by atoms with van der Waals surface area (Å²) in [5, 5.41) is 0. The number of ether oxygens (including phenoxy) is 1. The molecule has 0 aliphatic heterocycles. The fourth-order valence-corrected chi connectivity index (χ4v) is 2.20. The molecule has 1 aliphatic rings. The normalized spacial score (nSPS) is 22.4. The molecule has 0 unspecified atom stereocenters. The van der Waals surface area contributed by atoms with E-state index in [9.17, 15) is 0 Å². The molecule has 2 heteroatoms. The Morgan fingerprint density at radius 1 is 1.36 bits per heavy atom. The van der Waals surface area contributed by atoms with Crippen molar-refractivity contribution in [2.45, 2.75) is 32.6 Å². The molecular formula is C9H18OS. The summed E-state index contributed by atoms with van der Waals surface area (Å²) >= 11 is 4.39. The minimum Gasteiger partial charge on any atom is -0.381 e. The summed E-state index contributed by atoms with van der Waals surface area (Å²) in [5.74, 6) is 0.993. The molecule has 66 valence electrons. The molecule has 0 bridgehead atoms. The lowest BCUT2D eigenvalue weighted by molar-refractivity contribution is 0.0675. The van der Waals surface area contributed by atoms with E-state index < -0.39 is 0 Å². The lowest BCUT2D eigenvalue weighted by Gasteiger charge is -2.25. The summed E-state index contributed by atoms with van der Waals surface area (Å²) in [5.41, 5.74) is 0.430. The molecule has 1 saturated carbocycles. The summed E-state index contributed by atoms with van der Waals surface area (Å²) < 4.78 is 5.46. The van der Waals surface area contributed by atoms with Gasteiger partial charge in [-0.1, -0.05) is 12.8 Å². The molecule has 1 nitrogen and oxygen atoms in total. The molecule has 1 fully saturated rings. The summed E-state index contributed by atoms with van der Waals surface area (Å²) in [7, 11) is 0. The quantitative estimate of drug-likeness (QED) is 0.644. The number of hydrogen-bond donors (Lipinski definition) is 1. The van der Waals surface area contributed by atoms with Crippen molar-refractivity contribution < 1.29 is 4.74 Å². The van der Waals surface area contributed by atoms with Crippen molar-refractivity contribution in [1.29, 1.82) is 0 Å². The highest BCUT2D eigenvalue weighted by Crippen LogP contribution is 2.39. The molecule has 0 aromatic carbocycles. The smallest absolute Gasteiger partial charge is 0.0530 e. The van der Waals surface area contributed by atoms with E-state index >= 15 is 0 Å². The van der Waals surface area contributed by atoms with Crippen LogP contribution in [0, 0.1) is 5.41 Å². The van der Waals surface area contributed by atoms with Crippen LogP contribution >= 0.6 is 12.6 Å². The van der Waals surface area contributed by atoms with E-state index in [1.165, 1.54) is 25.7 Å². The molecule has 0 amide bonds. The zero-order valence-corrected chi connectivity index (χ0v) is 8.20. The van der Waals surface area contributed by atoms with Gasteiger partial charge in [-0.25, -0.2) is 0 Å². The summed E-state index contributed by atoms with van der Waals surface area (Å²) in [6.07, 6.45) is 5.37. The van der Waals surface area contributed by atoms with Gasteiger partial charge >= 0.3 is 0 Å². The van der Waals surface area contributed by atoms with Crippen LogP contribution in [0.25, 0.3) is 0 Å². The average Bonchev–Trinajstić information content (AvgIpc) is 2.50. The first-order valence-corrected chi connectivity index (χ1v) is 5.15. The Hall–Kier alpha value is 0.310. The molecule has 0 aromatic heterocycles. The van der Waals surface area contributed by atoms with Gasteiger partial charge < -0.3 is 4.74 Å². The van der Waals surface area contributed by atoms with Crippen LogP contribution in [0.15, 0.2) is 0 Å². The van der Waals surface area contributed by atoms with Gasteiger partial charge in [-0.3, -0.25) is 0 Å². The van der Waals surface area contributed by atoms with E-state index in [1.807, 2.05) is 0 Å². The number of thiol groups is 1. The van der Waals surface area contributed by atoms with E-state index in [4.69, 9.17) is 4.74 Å². The SMILES string of the molecule is CCOCC1(CS)CCCC1. The minimum absolute atomic E-state index is 0.430. The van der Waals surface area contributed by atoms with Crippen LogP contribution in [0.4, 0.5) is 0 Å². The van der Waals surface area contributed by atoms with Crippen LogP contribution in [0.3, 0.4) is 0 Å². The lowest BCUT2D eigenvalue weighted by Crippen LogP contribution is -2.25. The molecular weight excluding hydrogens is 156 g/mol. The highest BCUT2D eigenvalue weighted by atomic mass is 32.1. The molecule has 0 atom stereocenters. The minimum atomic E-state index is 0.430. The van der Waals surface area contributed by atoms with Crippen LogP contribution in [-0.4, -0.2) is 19.0 Å². The fourth-order valence-electron chi connectivity index (χ4n) is 1.79. The maximum atomic E-state index is 5.46. The second-order valence-electron chi connectivity index (χ2n) is 3.50. The predicted octanol–water partition coefficient (Wildman–Crippen LogP) is 2.51. The largest absolute Gasteiger partial charge is 0.381 e. The predicted molar refractivity (Wildman–Crippen MR) is 51.2 cm³/mol. The molecule has 0 saturated heterocycles. The van der Waals surface area contributed by atoms with E-state index in [-0.39, 0.29) is 0 Å². The van der Waals surface area contributed by atoms with Crippen LogP contribution in [0.5, 0.6) is 0 Å². The van der Waals surface area contributed by atoms with Crippen molar-refractivity contribution in [3.63, 3.8) is 0 Å². The van der Waals surface area contributed by atoms with Gasteiger partial charge in [0.1, 0.15) is 0 Å². The lowest BCUT2D eigenvalue weighted by atomic mass is 9.90. The monoisotopic (exact) mass is 174 g/mol. The molecule has 0 aromatic rings. The molecule has 1 rings (SSSR count). The second kappa shape index (κ2) is 4.36. The summed E-state index contributed by atoms with van der Waals surface area (Å²) in [6, 6.07) is 0.